The largest absolute Gasteiger partial charge is 0.314 e. The lowest BCUT2D eigenvalue weighted by Crippen LogP contribution is -2.18. The Bertz CT molecular complexity index is 3510. The van der Waals surface area contributed by atoms with Crippen molar-refractivity contribution < 1.29 is 0 Å². The molecular weight excluding hydrogens is 757 g/mol. The van der Waals surface area contributed by atoms with Crippen LogP contribution in [0.1, 0.15) is 18.4 Å². The number of aromatic nitrogens is 1. The first-order valence-corrected chi connectivity index (χ1v) is 21.9. The minimum atomic E-state index is 0.921. The first-order valence-electron chi connectivity index (χ1n) is 21.1. The van der Waals surface area contributed by atoms with E-state index in [0.29, 0.717) is 0 Å². The zero-order valence-corrected chi connectivity index (χ0v) is 34.3. The third-order valence-corrected chi connectivity index (χ3v) is 13.7. The van der Waals surface area contributed by atoms with Crippen LogP contribution in [0.2, 0.25) is 0 Å². The summed E-state index contributed by atoms with van der Waals surface area (Å²) in [5.74, 6) is 0. The Labute approximate surface area is 359 Å². The number of rotatable bonds is 7. The van der Waals surface area contributed by atoms with Gasteiger partial charge in [-0.2, -0.15) is 0 Å². The molecule has 0 spiro atoms. The average Bonchev–Trinajstić information content (AvgIpc) is 3.89. The molecular formula is C58H40N2S. The van der Waals surface area contributed by atoms with Gasteiger partial charge in [0.25, 0.3) is 0 Å². The van der Waals surface area contributed by atoms with Crippen LogP contribution >= 0.6 is 11.3 Å². The van der Waals surface area contributed by atoms with Crippen LogP contribution in [-0.4, -0.2) is 4.57 Å². The summed E-state index contributed by atoms with van der Waals surface area (Å²) in [5, 5.41) is 7.81. The van der Waals surface area contributed by atoms with Crippen molar-refractivity contribution in [3.8, 4) is 27.9 Å². The van der Waals surface area contributed by atoms with E-state index in [0.717, 1.165) is 24.2 Å². The van der Waals surface area contributed by atoms with Crippen LogP contribution in [0.4, 0.5) is 11.4 Å². The predicted molar refractivity (Wildman–Crippen MR) is 262 cm³/mol. The molecule has 0 N–H and O–H groups in total. The molecule has 2 heterocycles. The van der Waals surface area contributed by atoms with Gasteiger partial charge in [0.05, 0.1) is 11.0 Å². The van der Waals surface area contributed by atoms with E-state index < -0.39 is 0 Å². The van der Waals surface area contributed by atoms with E-state index in [2.05, 4.69) is 228 Å². The van der Waals surface area contributed by atoms with Crippen molar-refractivity contribution in [1.29, 1.82) is 0 Å². The fourth-order valence-corrected chi connectivity index (χ4v) is 10.8. The van der Waals surface area contributed by atoms with E-state index in [1.807, 2.05) is 11.3 Å². The molecule has 0 atom stereocenters. The molecule has 0 radical (unpaired) electrons. The Balaban J connectivity index is 0.919. The molecule has 12 rings (SSSR count). The van der Waals surface area contributed by atoms with E-state index in [9.17, 15) is 0 Å². The molecule has 2 nitrogen and oxygen atoms in total. The van der Waals surface area contributed by atoms with E-state index in [1.54, 1.807) is 0 Å². The molecule has 1 aliphatic rings. The smallest absolute Gasteiger partial charge is 0.0547 e. The predicted octanol–water partition coefficient (Wildman–Crippen LogP) is 16.5. The molecule has 0 fully saturated rings. The van der Waals surface area contributed by atoms with Crippen LogP contribution in [-0.2, 0) is 0 Å². The lowest BCUT2D eigenvalue weighted by molar-refractivity contribution is 0.930. The Kier molecular flexibility index (Phi) is 8.53. The number of fused-ring (bicyclic) bond motifs is 8. The van der Waals surface area contributed by atoms with E-state index in [4.69, 9.17) is 0 Å². The number of allylic oxidation sites excluding steroid dienone is 4. The highest BCUT2D eigenvalue weighted by Crippen LogP contribution is 2.43. The average molecular weight is 797 g/mol. The van der Waals surface area contributed by atoms with Gasteiger partial charge in [-0.3, -0.25) is 0 Å². The van der Waals surface area contributed by atoms with Crippen molar-refractivity contribution in [2.45, 2.75) is 12.8 Å². The van der Waals surface area contributed by atoms with E-state index in [-0.39, 0.29) is 0 Å². The monoisotopic (exact) mass is 796 g/mol. The zero-order chi connectivity index (χ0) is 40.3. The third kappa shape index (κ3) is 6.08. The molecule has 288 valence electrons. The number of hydrogen-bond acceptors (Lipinski definition) is 2. The van der Waals surface area contributed by atoms with Gasteiger partial charge in [-0.1, -0.05) is 158 Å². The molecule has 3 heteroatoms. The number of para-hydroxylation sites is 1. The summed E-state index contributed by atoms with van der Waals surface area (Å²) < 4.78 is 5.08. The zero-order valence-electron chi connectivity index (χ0n) is 33.5. The summed E-state index contributed by atoms with van der Waals surface area (Å²) in [5.41, 5.74) is 14.8. The van der Waals surface area contributed by atoms with Crippen molar-refractivity contribution in [3.05, 3.63) is 230 Å². The van der Waals surface area contributed by atoms with Gasteiger partial charge >= 0.3 is 0 Å². The molecule has 0 bridgehead atoms. The Hall–Kier alpha value is -7.46. The number of anilines is 2. The highest BCUT2D eigenvalue weighted by atomic mass is 32.1. The van der Waals surface area contributed by atoms with E-state index in [1.165, 1.54) is 97.5 Å². The Morgan fingerprint density at radius 2 is 1.11 bits per heavy atom. The molecule has 0 amide bonds. The molecule has 1 aliphatic carbocycles. The lowest BCUT2D eigenvalue weighted by atomic mass is 9.94. The molecule has 61 heavy (non-hydrogen) atoms. The molecule has 11 aromatic rings. The second-order valence-corrected chi connectivity index (χ2v) is 17.1. The molecule has 0 saturated heterocycles. The highest BCUT2D eigenvalue weighted by molar-refractivity contribution is 7.26. The van der Waals surface area contributed by atoms with Crippen LogP contribution in [0.3, 0.4) is 0 Å². The highest BCUT2D eigenvalue weighted by Gasteiger charge is 2.21. The van der Waals surface area contributed by atoms with Crippen LogP contribution in [0.5, 0.6) is 0 Å². The van der Waals surface area contributed by atoms with Crippen LogP contribution in [0.15, 0.2) is 224 Å². The first kappa shape index (κ1) is 35.5. The van der Waals surface area contributed by atoms with Gasteiger partial charge in [0.2, 0.25) is 0 Å². The van der Waals surface area contributed by atoms with Gasteiger partial charge in [-0.25, -0.2) is 0 Å². The molecule has 2 aromatic heterocycles. The van der Waals surface area contributed by atoms with Gasteiger partial charge in [0.15, 0.2) is 0 Å². The summed E-state index contributed by atoms with van der Waals surface area (Å²) in [6, 6.07) is 75.6. The summed E-state index contributed by atoms with van der Waals surface area (Å²) in [6.45, 7) is 0. The number of benzene rings is 9. The standard InChI is InChI=1S/C58H40N2S/c1-2-12-39(13-3-1)40-24-31-45(32-25-40)59(48-16-10-15-44(38-48)50-20-11-21-52-51-18-7-9-23-56(51)61-58(50)52)46-33-26-41(27-34-46)42-28-35-47(36-29-42)60-54-22-8-6-19-53(54)57-49-17-5-4-14-43(49)30-37-55(57)60/h1-26,28-33,35-38H,27,34H2. The van der Waals surface area contributed by atoms with Crippen molar-refractivity contribution in [2.75, 3.05) is 4.90 Å². The van der Waals surface area contributed by atoms with Crippen molar-refractivity contribution >= 4 is 81.0 Å². The number of thiophene rings is 1. The maximum absolute atomic E-state index is 2.46. The van der Waals surface area contributed by atoms with Crippen LogP contribution in [0.25, 0.3) is 86.3 Å². The minimum Gasteiger partial charge on any atom is -0.314 e. The topological polar surface area (TPSA) is 8.17 Å². The molecule has 0 aliphatic heterocycles. The normalized spacial score (nSPS) is 13.0. The Morgan fingerprint density at radius 3 is 1.95 bits per heavy atom. The van der Waals surface area contributed by atoms with Gasteiger partial charge in [0, 0.05) is 53.7 Å². The minimum absolute atomic E-state index is 0.921. The molecule has 9 aromatic carbocycles. The Morgan fingerprint density at radius 1 is 0.426 bits per heavy atom. The van der Waals surface area contributed by atoms with Gasteiger partial charge in [0.1, 0.15) is 0 Å². The summed E-state index contributed by atoms with van der Waals surface area (Å²) >= 11 is 1.89. The maximum Gasteiger partial charge on any atom is 0.0547 e. The second-order valence-electron chi connectivity index (χ2n) is 16.0. The summed E-state index contributed by atoms with van der Waals surface area (Å²) in [6.07, 6.45) is 6.55. The summed E-state index contributed by atoms with van der Waals surface area (Å²) in [7, 11) is 0. The van der Waals surface area contributed by atoms with Crippen molar-refractivity contribution in [2.24, 2.45) is 0 Å². The SMILES string of the molecule is C1=C(c2ccc(-n3c4ccccc4c4c5ccccc5ccc43)cc2)CCC(N(c2ccc(-c3ccccc3)cc2)c2cccc(-c3cccc4c3sc3ccccc34)c2)=C1. The fourth-order valence-electron chi connectivity index (χ4n) is 9.60. The lowest BCUT2D eigenvalue weighted by Gasteiger charge is -2.30. The maximum atomic E-state index is 2.46. The van der Waals surface area contributed by atoms with E-state index >= 15 is 0 Å². The van der Waals surface area contributed by atoms with Crippen LogP contribution in [0, 0.1) is 0 Å². The fraction of sp³-hybridized carbons (Fsp3) is 0.0345. The van der Waals surface area contributed by atoms with Gasteiger partial charge in [-0.05, 0) is 118 Å². The van der Waals surface area contributed by atoms with Crippen molar-refractivity contribution in [1.82, 2.24) is 4.57 Å². The van der Waals surface area contributed by atoms with Gasteiger partial charge < -0.3 is 9.47 Å². The first-order chi connectivity index (χ1) is 30.2. The molecule has 0 saturated carbocycles. The second kappa shape index (κ2) is 14.7. The third-order valence-electron chi connectivity index (χ3n) is 12.5. The van der Waals surface area contributed by atoms with Crippen LogP contribution < -0.4 is 4.90 Å². The number of nitrogens with zero attached hydrogens (tertiary/aromatic N) is 2. The van der Waals surface area contributed by atoms with Crippen molar-refractivity contribution in [3.63, 3.8) is 0 Å². The summed E-state index contributed by atoms with van der Waals surface area (Å²) in [4.78, 5) is 2.46. The quantitative estimate of drug-likeness (QED) is 0.156. The van der Waals surface area contributed by atoms with Gasteiger partial charge in [-0.15, -0.1) is 11.3 Å². The number of hydrogen-bond donors (Lipinski definition) is 0. The molecule has 0 unspecified atom stereocenters.